The fourth-order valence-corrected chi connectivity index (χ4v) is 1.99. The molecule has 2 aliphatic heterocycles. The van der Waals surface area contributed by atoms with Gasteiger partial charge in [0.2, 0.25) is 6.79 Å². The second-order valence-electron chi connectivity index (χ2n) is 3.95. The van der Waals surface area contributed by atoms with Crippen LogP contribution in [0.3, 0.4) is 0 Å². The molecule has 0 N–H and O–H groups in total. The number of amides is 1. The van der Waals surface area contributed by atoms with E-state index in [1.54, 1.807) is 23.1 Å². The van der Waals surface area contributed by atoms with Crippen LogP contribution in [-0.4, -0.2) is 36.5 Å². The fraction of sp³-hybridized carbons (Fsp3) is 0.333. The highest BCUT2D eigenvalue weighted by molar-refractivity contribution is 6.06. The standard InChI is InChI=1S/C12H12N2O3/c1-8-13-4-5-14(8)12(15)9-2-3-10-11(6-9)17-7-16-10/h2-3,6H,4-5,7H2,1H3. The maximum absolute atomic E-state index is 12.2. The average Bonchev–Trinajstić information content (AvgIpc) is 2.95. The first kappa shape index (κ1) is 10.1. The largest absolute Gasteiger partial charge is 0.454 e. The van der Waals surface area contributed by atoms with E-state index < -0.39 is 0 Å². The molecule has 88 valence electrons. The van der Waals surface area contributed by atoms with Crippen molar-refractivity contribution in [3.8, 4) is 11.5 Å². The number of nitrogens with zero attached hydrogens (tertiary/aromatic N) is 2. The molecule has 17 heavy (non-hydrogen) atoms. The highest BCUT2D eigenvalue weighted by Gasteiger charge is 2.23. The van der Waals surface area contributed by atoms with Gasteiger partial charge in [0.25, 0.3) is 5.91 Å². The smallest absolute Gasteiger partial charge is 0.259 e. The van der Waals surface area contributed by atoms with Crippen LogP contribution in [0.1, 0.15) is 17.3 Å². The number of carbonyl (C=O) groups is 1. The van der Waals surface area contributed by atoms with Crippen LogP contribution in [0.5, 0.6) is 11.5 Å². The number of aliphatic imine (C=N–C) groups is 1. The Kier molecular flexibility index (Phi) is 2.24. The third-order valence-corrected chi connectivity index (χ3v) is 2.92. The molecule has 2 heterocycles. The molecule has 0 unspecified atom stereocenters. The summed E-state index contributed by atoms with van der Waals surface area (Å²) in [5.74, 6) is 2.05. The molecule has 0 radical (unpaired) electrons. The predicted molar refractivity (Wildman–Crippen MR) is 61.6 cm³/mol. The molecular formula is C12H12N2O3. The number of hydrogen-bond donors (Lipinski definition) is 0. The van der Waals surface area contributed by atoms with Crippen molar-refractivity contribution in [1.29, 1.82) is 0 Å². The second-order valence-corrected chi connectivity index (χ2v) is 3.95. The summed E-state index contributed by atoms with van der Waals surface area (Å²) in [5.41, 5.74) is 0.603. The molecule has 0 aromatic heterocycles. The quantitative estimate of drug-likeness (QED) is 0.733. The van der Waals surface area contributed by atoms with Crippen molar-refractivity contribution in [2.45, 2.75) is 6.92 Å². The van der Waals surface area contributed by atoms with Crippen molar-refractivity contribution < 1.29 is 14.3 Å². The van der Waals surface area contributed by atoms with Gasteiger partial charge in [-0.05, 0) is 25.1 Å². The summed E-state index contributed by atoms with van der Waals surface area (Å²) in [7, 11) is 0. The zero-order valence-corrected chi connectivity index (χ0v) is 9.47. The Balaban J connectivity index is 1.89. The molecule has 0 bridgehead atoms. The van der Waals surface area contributed by atoms with Crippen LogP contribution < -0.4 is 9.47 Å². The van der Waals surface area contributed by atoms with Gasteiger partial charge in [0.15, 0.2) is 11.5 Å². The molecule has 0 spiro atoms. The lowest BCUT2D eigenvalue weighted by molar-refractivity contribution is 0.0857. The monoisotopic (exact) mass is 232 g/mol. The lowest BCUT2D eigenvalue weighted by Gasteiger charge is -2.15. The van der Waals surface area contributed by atoms with Crippen molar-refractivity contribution >= 4 is 11.7 Å². The van der Waals surface area contributed by atoms with Crippen LogP contribution >= 0.6 is 0 Å². The van der Waals surface area contributed by atoms with Gasteiger partial charge in [-0.15, -0.1) is 0 Å². The van der Waals surface area contributed by atoms with Gasteiger partial charge in [-0.2, -0.15) is 0 Å². The highest BCUT2D eigenvalue weighted by atomic mass is 16.7. The Morgan fingerprint density at radius 3 is 2.94 bits per heavy atom. The minimum absolute atomic E-state index is 0.0398. The number of ether oxygens (including phenoxy) is 2. The summed E-state index contributed by atoms with van der Waals surface area (Å²) in [6, 6.07) is 5.23. The molecule has 5 heteroatoms. The van der Waals surface area contributed by atoms with E-state index in [1.165, 1.54) is 0 Å². The average molecular weight is 232 g/mol. The Bertz CT molecular complexity index is 510. The second kappa shape index (κ2) is 3.76. The zero-order chi connectivity index (χ0) is 11.8. The Morgan fingerprint density at radius 2 is 2.18 bits per heavy atom. The van der Waals surface area contributed by atoms with Gasteiger partial charge in [-0.25, -0.2) is 0 Å². The van der Waals surface area contributed by atoms with Crippen molar-refractivity contribution in [3.63, 3.8) is 0 Å². The van der Waals surface area contributed by atoms with E-state index >= 15 is 0 Å². The third kappa shape index (κ3) is 1.63. The summed E-state index contributed by atoms with van der Waals surface area (Å²) < 4.78 is 10.5. The van der Waals surface area contributed by atoms with E-state index in [4.69, 9.17) is 9.47 Å². The van der Waals surface area contributed by atoms with Gasteiger partial charge < -0.3 is 9.47 Å². The van der Waals surface area contributed by atoms with Crippen LogP contribution in [0, 0.1) is 0 Å². The topological polar surface area (TPSA) is 51.1 Å². The third-order valence-electron chi connectivity index (χ3n) is 2.92. The van der Waals surface area contributed by atoms with Crippen molar-refractivity contribution in [3.05, 3.63) is 23.8 Å². The number of carbonyl (C=O) groups excluding carboxylic acids is 1. The Morgan fingerprint density at radius 1 is 1.35 bits per heavy atom. The van der Waals surface area contributed by atoms with Gasteiger partial charge >= 0.3 is 0 Å². The number of rotatable bonds is 1. The zero-order valence-electron chi connectivity index (χ0n) is 9.47. The summed E-state index contributed by atoms with van der Waals surface area (Å²) >= 11 is 0. The van der Waals surface area contributed by atoms with Crippen molar-refractivity contribution in [2.24, 2.45) is 4.99 Å². The van der Waals surface area contributed by atoms with Gasteiger partial charge in [0, 0.05) is 12.1 Å². The first-order chi connectivity index (χ1) is 8.25. The van der Waals surface area contributed by atoms with Crippen LogP contribution in [0.2, 0.25) is 0 Å². The van der Waals surface area contributed by atoms with Crippen LogP contribution in [-0.2, 0) is 0 Å². The fourth-order valence-electron chi connectivity index (χ4n) is 1.99. The maximum atomic E-state index is 12.2. The normalized spacial score (nSPS) is 17.2. The van der Waals surface area contributed by atoms with E-state index in [9.17, 15) is 4.79 Å². The lowest BCUT2D eigenvalue weighted by atomic mass is 10.1. The van der Waals surface area contributed by atoms with Gasteiger partial charge in [0.1, 0.15) is 5.84 Å². The molecule has 2 aliphatic rings. The molecule has 0 saturated heterocycles. The first-order valence-corrected chi connectivity index (χ1v) is 5.48. The number of fused-ring (bicyclic) bond motifs is 1. The van der Waals surface area contributed by atoms with E-state index in [1.807, 2.05) is 6.92 Å². The molecule has 1 aromatic carbocycles. The number of amidine groups is 1. The number of benzene rings is 1. The molecule has 0 atom stereocenters. The SMILES string of the molecule is CC1=NCCN1C(=O)c1ccc2c(c1)OCO2. The van der Waals surface area contributed by atoms with Gasteiger partial charge in [0.05, 0.1) is 6.54 Å². The summed E-state index contributed by atoms with van der Waals surface area (Å²) in [4.78, 5) is 18.1. The van der Waals surface area contributed by atoms with E-state index in [-0.39, 0.29) is 12.7 Å². The minimum atomic E-state index is -0.0398. The molecule has 5 nitrogen and oxygen atoms in total. The summed E-state index contributed by atoms with van der Waals surface area (Å²) in [5, 5.41) is 0. The van der Waals surface area contributed by atoms with Crippen LogP contribution in [0.25, 0.3) is 0 Å². The molecule has 0 saturated carbocycles. The van der Waals surface area contributed by atoms with Gasteiger partial charge in [-0.1, -0.05) is 0 Å². The molecule has 0 aliphatic carbocycles. The van der Waals surface area contributed by atoms with E-state index in [0.717, 1.165) is 5.84 Å². The Labute approximate surface area is 98.7 Å². The maximum Gasteiger partial charge on any atom is 0.259 e. The molecule has 3 rings (SSSR count). The molecule has 1 aromatic rings. The van der Waals surface area contributed by atoms with Crippen LogP contribution in [0.4, 0.5) is 0 Å². The lowest BCUT2D eigenvalue weighted by Crippen LogP contribution is -2.32. The van der Waals surface area contributed by atoms with Crippen molar-refractivity contribution in [2.75, 3.05) is 19.9 Å². The van der Waals surface area contributed by atoms with E-state index in [2.05, 4.69) is 4.99 Å². The molecular weight excluding hydrogens is 220 g/mol. The first-order valence-electron chi connectivity index (χ1n) is 5.48. The molecule has 1 amide bonds. The highest BCUT2D eigenvalue weighted by Crippen LogP contribution is 2.32. The van der Waals surface area contributed by atoms with Gasteiger partial charge in [-0.3, -0.25) is 14.7 Å². The van der Waals surface area contributed by atoms with E-state index in [0.29, 0.717) is 30.2 Å². The number of hydrogen-bond acceptors (Lipinski definition) is 4. The predicted octanol–water partition coefficient (Wildman–Crippen LogP) is 1.29. The summed E-state index contributed by atoms with van der Waals surface area (Å²) in [6.45, 7) is 3.40. The summed E-state index contributed by atoms with van der Waals surface area (Å²) in [6.07, 6.45) is 0. The molecule has 0 fully saturated rings. The van der Waals surface area contributed by atoms with Crippen molar-refractivity contribution in [1.82, 2.24) is 4.90 Å². The minimum Gasteiger partial charge on any atom is -0.454 e. The van der Waals surface area contributed by atoms with Crippen LogP contribution in [0.15, 0.2) is 23.2 Å². The Hall–Kier alpha value is -2.04.